The number of benzene rings is 3. The molecule has 0 radical (unpaired) electrons. The number of methoxy groups -OCH3 is 2. The zero-order chi connectivity index (χ0) is 25.2. The van der Waals surface area contributed by atoms with Gasteiger partial charge in [-0.05, 0) is 55.0 Å². The first kappa shape index (κ1) is 23.8. The molecule has 0 saturated carbocycles. The summed E-state index contributed by atoms with van der Waals surface area (Å²) in [5.41, 5.74) is 1.44. The van der Waals surface area contributed by atoms with E-state index in [1.807, 2.05) is 6.92 Å². The minimum absolute atomic E-state index is 0.105. The number of rotatable bonds is 6. The van der Waals surface area contributed by atoms with Gasteiger partial charge in [0, 0.05) is 16.9 Å². The Kier molecular flexibility index (Phi) is 6.46. The molecule has 0 atom stereocenters. The molecular weight excluding hydrogens is 461 g/mol. The SMILES string of the molecule is COc1nc(Nc2cc(NC(=O)c3cccc(C(F)(F)F)c3)ccc2C)c2c(OC)cccc2n1. The van der Waals surface area contributed by atoms with Crippen LogP contribution in [0.3, 0.4) is 0 Å². The number of nitrogens with zero attached hydrogens (tertiary/aromatic N) is 2. The van der Waals surface area contributed by atoms with Crippen molar-refractivity contribution in [3.63, 3.8) is 0 Å². The predicted molar refractivity (Wildman–Crippen MR) is 127 cm³/mol. The van der Waals surface area contributed by atoms with Gasteiger partial charge in [0.15, 0.2) is 0 Å². The molecule has 4 aromatic rings. The van der Waals surface area contributed by atoms with Gasteiger partial charge in [-0.25, -0.2) is 0 Å². The monoisotopic (exact) mass is 482 g/mol. The number of halogens is 3. The van der Waals surface area contributed by atoms with Gasteiger partial charge in [-0.15, -0.1) is 0 Å². The van der Waals surface area contributed by atoms with E-state index in [4.69, 9.17) is 9.47 Å². The highest BCUT2D eigenvalue weighted by atomic mass is 19.4. The topological polar surface area (TPSA) is 85.4 Å². The second-order valence-corrected chi connectivity index (χ2v) is 7.60. The van der Waals surface area contributed by atoms with Gasteiger partial charge >= 0.3 is 12.2 Å². The Balaban J connectivity index is 1.66. The highest BCUT2D eigenvalue weighted by Gasteiger charge is 2.30. The Morgan fingerprint density at radius 2 is 1.71 bits per heavy atom. The van der Waals surface area contributed by atoms with Gasteiger partial charge in [0.25, 0.3) is 5.91 Å². The van der Waals surface area contributed by atoms with Gasteiger partial charge in [0.05, 0.1) is 30.7 Å². The van der Waals surface area contributed by atoms with Crippen molar-refractivity contribution in [1.29, 1.82) is 0 Å². The number of carbonyl (C=O) groups is 1. The molecule has 0 aliphatic heterocycles. The van der Waals surface area contributed by atoms with E-state index in [9.17, 15) is 18.0 Å². The second kappa shape index (κ2) is 9.49. The van der Waals surface area contributed by atoms with Crippen LogP contribution in [0.2, 0.25) is 0 Å². The number of aromatic nitrogens is 2. The molecule has 1 heterocycles. The van der Waals surface area contributed by atoms with Gasteiger partial charge in [0.1, 0.15) is 11.6 Å². The van der Waals surface area contributed by atoms with E-state index in [0.717, 1.165) is 17.7 Å². The van der Waals surface area contributed by atoms with Crippen LogP contribution >= 0.6 is 0 Å². The third-order valence-electron chi connectivity index (χ3n) is 5.27. The van der Waals surface area contributed by atoms with Crippen LogP contribution in [0.25, 0.3) is 10.9 Å². The summed E-state index contributed by atoms with van der Waals surface area (Å²) in [7, 11) is 3.00. The maximum Gasteiger partial charge on any atom is 0.416 e. The van der Waals surface area contributed by atoms with Crippen molar-refractivity contribution >= 4 is 34.0 Å². The second-order valence-electron chi connectivity index (χ2n) is 7.60. The Morgan fingerprint density at radius 3 is 2.43 bits per heavy atom. The average Bonchev–Trinajstić information content (AvgIpc) is 2.84. The quantitative estimate of drug-likeness (QED) is 0.352. The number of hydrogen-bond acceptors (Lipinski definition) is 6. The van der Waals surface area contributed by atoms with E-state index in [1.165, 1.54) is 26.4 Å². The van der Waals surface area contributed by atoms with E-state index in [1.54, 1.807) is 36.4 Å². The molecule has 35 heavy (non-hydrogen) atoms. The molecule has 10 heteroatoms. The molecule has 0 saturated heterocycles. The first-order valence-electron chi connectivity index (χ1n) is 10.4. The van der Waals surface area contributed by atoms with Crippen LogP contribution in [0.15, 0.2) is 60.7 Å². The fraction of sp³-hybridized carbons (Fsp3) is 0.160. The third-order valence-corrected chi connectivity index (χ3v) is 5.27. The lowest BCUT2D eigenvalue weighted by Crippen LogP contribution is -2.14. The molecule has 4 rings (SSSR count). The summed E-state index contributed by atoms with van der Waals surface area (Å²) in [5.74, 6) is 0.315. The highest BCUT2D eigenvalue weighted by Crippen LogP contribution is 2.35. The number of anilines is 3. The molecule has 0 unspecified atom stereocenters. The Labute approximate surface area is 198 Å². The summed E-state index contributed by atoms with van der Waals surface area (Å²) >= 11 is 0. The summed E-state index contributed by atoms with van der Waals surface area (Å²) in [6, 6.07) is 14.9. The van der Waals surface area contributed by atoms with E-state index >= 15 is 0 Å². The zero-order valence-electron chi connectivity index (χ0n) is 19.0. The standard InChI is InChI=1S/C25H21F3N4O3/c1-14-10-11-17(29-23(33)15-6-4-7-16(12-15)25(26,27)28)13-19(14)30-22-21-18(31-24(32-22)35-3)8-5-9-20(21)34-2/h4-13H,1-3H3,(H,29,33)(H,30,31,32). The number of nitrogens with one attached hydrogen (secondary N) is 2. The number of ether oxygens (including phenoxy) is 2. The summed E-state index contributed by atoms with van der Waals surface area (Å²) in [6.45, 7) is 1.86. The number of alkyl halides is 3. The minimum atomic E-state index is -4.54. The number of amides is 1. The first-order valence-corrected chi connectivity index (χ1v) is 10.4. The van der Waals surface area contributed by atoms with Crippen LogP contribution in [0.4, 0.5) is 30.4 Å². The smallest absolute Gasteiger partial charge is 0.416 e. The highest BCUT2D eigenvalue weighted by molar-refractivity contribution is 6.05. The van der Waals surface area contributed by atoms with Crippen LogP contribution in [-0.2, 0) is 6.18 Å². The lowest BCUT2D eigenvalue weighted by Gasteiger charge is -2.15. The third kappa shape index (κ3) is 5.11. The van der Waals surface area contributed by atoms with E-state index in [2.05, 4.69) is 20.6 Å². The number of carbonyl (C=O) groups excluding carboxylic acids is 1. The Morgan fingerprint density at radius 1 is 0.943 bits per heavy atom. The minimum Gasteiger partial charge on any atom is -0.496 e. The molecule has 0 spiro atoms. The van der Waals surface area contributed by atoms with E-state index in [-0.39, 0.29) is 11.6 Å². The maximum atomic E-state index is 13.0. The molecular formula is C25H21F3N4O3. The van der Waals surface area contributed by atoms with Crippen molar-refractivity contribution in [2.45, 2.75) is 13.1 Å². The molecule has 1 amide bonds. The molecule has 3 aromatic carbocycles. The summed E-state index contributed by atoms with van der Waals surface area (Å²) in [4.78, 5) is 21.4. The molecule has 2 N–H and O–H groups in total. The largest absolute Gasteiger partial charge is 0.496 e. The fourth-order valence-electron chi connectivity index (χ4n) is 3.48. The van der Waals surface area contributed by atoms with Crippen LogP contribution < -0.4 is 20.1 Å². The lowest BCUT2D eigenvalue weighted by atomic mass is 10.1. The van der Waals surface area contributed by atoms with Gasteiger partial charge in [-0.3, -0.25) is 4.79 Å². The lowest BCUT2D eigenvalue weighted by molar-refractivity contribution is -0.137. The van der Waals surface area contributed by atoms with Crippen molar-refractivity contribution in [3.8, 4) is 11.8 Å². The van der Waals surface area contributed by atoms with Crippen molar-refractivity contribution in [3.05, 3.63) is 77.4 Å². The first-order chi connectivity index (χ1) is 16.7. The molecule has 1 aromatic heterocycles. The van der Waals surface area contributed by atoms with Gasteiger partial charge in [-0.2, -0.15) is 23.1 Å². The Bertz CT molecular complexity index is 1410. The van der Waals surface area contributed by atoms with E-state index < -0.39 is 17.6 Å². The average molecular weight is 482 g/mol. The van der Waals surface area contributed by atoms with Crippen molar-refractivity contribution in [1.82, 2.24) is 9.97 Å². The molecule has 180 valence electrons. The van der Waals surface area contributed by atoms with Crippen LogP contribution in [0.5, 0.6) is 11.8 Å². The van der Waals surface area contributed by atoms with Gasteiger partial charge in [0.2, 0.25) is 0 Å². The molecule has 0 bridgehead atoms. The Hall–Kier alpha value is -4.34. The molecule has 0 aliphatic carbocycles. The van der Waals surface area contributed by atoms with Gasteiger partial charge in [-0.1, -0.05) is 18.2 Å². The molecule has 0 fully saturated rings. The number of aryl methyl sites for hydroxylation is 1. The van der Waals surface area contributed by atoms with Crippen LogP contribution in [0.1, 0.15) is 21.5 Å². The maximum absolute atomic E-state index is 13.0. The zero-order valence-corrected chi connectivity index (χ0v) is 19.0. The normalized spacial score (nSPS) is 11.3. The molecule has 7 nitrogen and oxygen atoms in total. The van der Waals surface area contributed by atoms with Crippen LogP contribution in [-0.4, -0.2) is 30.1 Å². The van der Waals surface area contributed by atoms with Crippen LogP contribution in [0, 0.1) is 6.92 Å². The van der Waals surface area contributed by atoms with Crippen molar-refractivity contribution in [2.24, 2.45) is 0 Å². The van der Waals surface area contributed by atoms with E-state index in [0.29, 0.717) is 33.8 Å². The molecule has 0 aliphatic rings. The van der Waals surface area contributed by atoms with Gasteiger partial charge < -0.3 is 20.1 Å². The van der Waals surface area contributed by atoms with Crippen molar-refractivity contribution in [2.75, 3.05) is 24.9 Å². The summed E-state index contributed by atoms with van der Waals surface area (Å²) in [5, 5.41) is 6.51. The number of hydrogen-bond donors (Lipinski definition) is 2. The predicted octanol–water partition coefficient (Wildman–Crippen LogP) is 5.97. The summed E-state index contributed by atoms with van der Waals surface area (Å²) in [6.07, 6.45) is -4.54. The number of fused-ring (bicyclic) bond motifs is 1. The van der Waals surface area contributed by atoms with Crippen molar-refractivity contribution < 1.29 is 27.4 Å². The summed E-state index contributed by atoms with van der Waals surface area (Å²) < 4.78 is 49.7. The fourth-order valence-corrected chi connectivity index (χ4v) is 3.48.